The Labute approximate surface area is 79.4 Å². The van der Waals surface area contributed by atoms with Crippen molar-refractivity contribution in [1.29, 1.82) is 0 Å². The van der Waals surface area contributed by atoms with E-state index in [2.05, 4.69) is 6.92 Å². The number of aryl methyl sites for hydroxylation is 1. The molecule has 2 nitrogen and oxygen atoms in total. The molecule has 1 aromatic carbocycles. The second-order valence-corrected chi connectivity index (χ2v) is 3.53. The molecule has 0 unspecified atom stereocenters. The van der Waals surface area contributed by atoms with Crippen LogP contribution < -0.4 is 5.73 Å². The predicted molar refractivity (Wildman–Crippen MR) is 54.4 cm³/mol. The Hall–Kier alpha value is -0.860. The molecular weight excluding hydrogens is 162 g/mol. The van der Waals surface area contributed by atoms with Gasteiger partial charge in [0.2, 0.25) is 0 Å². The number of nitrogens with two attached hydrogens (primary N) is 1. The smallest absolute Gasteiger partial charge is 0.0990 e. The van der Waals surface area contributed by atoms with Crippen LogP contribution in [0.3, 0.4) is 0 Å². The summed E-state index contributed by atoms with van der Waals surface area (Å²) in [7, 11) is 0. The highest BCUT2D eigenvalue weighted by Crippen LogP contribution is 2.19. The summed E-state index contributed by atoms with van der Waals surface area (Å²) in [6, 6.07) is 7.93. The first kappa shape index (κ1) is 10.2. The molecule has 0 spiro atoms. The van der Waals surface area contributed by atoms with E-state index in [4.69, 9.17) is 5.73 Å². The van der Waals surface area contributed by atoms with Crippen LogP contribution in [0.1, 0.15) is 25.0 Å². The molecule has 0 aliphatic rings. The van der Waals surface area contributed by atoms with Gasteiger partial charge in [-0.05, 0) is 24.5 Å². The average Bonchev–Trinajstić information content (AvgIpc) is 2.18. The predicted octanol–water partition coefficient (Wildman–Crippen LogP) is 1.42. The van der Waals surface area contributed by atoms with E-state index in [9.17, 15) is 5.11 Å². The van der Waals surface area contributed by atoms with Crippen LogP contribution in [-0.4, -0.2) is 11.7 Å². The molecule has 0 heterocycles. The summed E-state index contributed by atoms with van der Waals surface area (Å²) < 4.78 is 0. The first-order valence-electron chi connectivity index (χ1n) is 4.62. The second kappa shape index (κ2) is 3.90. The minimum absolute atomic E-state index is 0.248. The van der Waals surface area contributed by atoms with E-state index in [1.165, 1.54) is 5.56 Å². The van der Waals surface area contributed by atoms with Crippen molar-refractivity contribution in [3.63, 3.8) is 0 Å². The van der Waals surface area contributed by atoms with Crippen LogP contribution in [0.25, 0.3) is 0 Å². The van der Waals surface area contributed by atoms with Crippen molar-refractivity contribution in [2.24, 2.45) is 5.73 Å². The third kappa shape index (κ3) is 2.29. The molecular formula is C11H17NO. The molecule has 0 aliphatic heterocycles. The lowest BCUT2D eigenvalue weighted by atomic mass is 9.95. The highest BCUT2D eigenvalue weighted by atomic mass is 16.3. The monoisotopic (exact) mass is 179 g/mol. The summed E-state index contributed by atoms with van der Waals surface area (Å²) in [4.78, 5) is 0. The van der Waals surface area contributed by atoms with Crippen molar-refractivity contribution < 1.29 is 5.11 Å². The first-order chi connectivity index (χ1) is 6.10. The summed E-state index contributed by atoms with van der Waals surface area (Å²) in [6.45, 7) is 4.09. The van der Waals surface area contributed by atoms with E-state index in [1.54, 1.807) is 6.92 Å². The molecule has 0 radical (unpaired) electrons. The maximum atomic E-state index is 9.83. The molecule has 1 aromatic rings. The largest absolute Gasteiger partial charge is 0.384 e. The van der Waals surface area contributed by atoms with Gasteiger partial charge in [0.1, 0.15) is 0 Å². The van der Waals surface area contributed by atoms with E-state index in [1.807, 2.05) is 24.3 Å². The second-order valence-electron chi connectivity index (χ2n) is 3.53. The highest BCUT2D eigenvalue weighted by molar-refractivity contribution is 5.26. The topological polar surface area (TPSA) is 46.2 Å². The van der Waals surface area contributed by atoms with Crippen LogP contribution in [-0.2, 0) is 12.0 Å². The van der Waals surface area contributed by atoms with E-state index < -0.39 is 5.60 Å². The Kier molecular flexibility index (Phi) is 3.07. The molecule has 0 aliphatic carbocycles. The average molecular weight is 179 g/mol. The van der Waals surface area contributed by atoms with Gasteiger partial charge in [-0.25, -0.2) is 0 Å². The first-order valence-corrected chi connectivity index (χ1v) is 4.62. The molecule has 3 N–H and O–H groups in total. The number of hydrogen-bond acceptors (Lipinski definition) is 2. The Morgan fingerprint density at radius 1 is 1.31 bits per heavy atom. The minimum atomic E-state index is -0.897. The summed E-state index contributed by atoms with van der Waals surface area (Å²) in [6.07, 6.45) is 1.02. The van der Waals surface area contributed by atoms with Gasteiger partial charge in [0.15, 0.2) is 0 Å². The van der Waals surface area contributed by atoms with Gasteiger partial charge in [-0.15, -0.1) is 0 Å². The summed E-state index contributed by atoms with van der Waals surface area (Å²) in [5.41, 5.74) is 6.72. The molecule has 72 valence electrons. The zero-order valence-electron chi connectivity index (χ0n) is 8.25. The Balaban J connectivity index is 2.92. The van der Waals surface area contributed by atoms with E-state index in [0.717, 1.165) is 12.0 Å². The number of hydrogen-bond donors (Lipinski definition) is 2. The molecule has 0 amide bonds. The molecule has 1 rings (SSSR count). The lowest BCUT2D eigenvalue weighted by Crippen LogP contribution is -2.31. The van der Waals surface area contributed by atoms with Gasteiger partial charge in [0, 0.05) is 6.54 Å². The van der Waals surface area contributed by atoms with E-state index in [-0.39, 0.29) is 6.54 Å². The fourth-order valence-electron chi connectivity index (χ4n) is 1.22. The summed E-state index contributed by atoms with van der Waals surface area (Å²) in [5, 5.41) is 9.83. The number of rotatable bonds is 3. The van der Waals surface area contributed by atoms with Crippen molar-refractivity contribution in [3.8, 4) is 0 Å². The zero-order valence-corrected chi connectivity index (χ0v) is 8.25. The van der Waals surface area contributed by atoms with Crippen LogP contribution >= 0.6 is 0 Å². The van der Waals surface area contributed by atoms with Crippen molar-refractivity contribution in [2.75, 3.05) is 6.54 Å². The van der Waals surface area contributed by atoms with Crippen molar-refractivity contribution >= 4 is 0 Å². The fraction of sp³-hybridized carbons (Fsp3) is 0.455. The van der Waals surface area contributed by atoms with Gasteiger partial charge < -0.3 is 10.8 Å². The fourth-order valence-corrected chi connectivity index (χ4v) is 1.22. The molecule has 0 saturated heterocycles. The Bertz CT molecular complexity index is 264. The van der Waals surface area contributed by atoms with Gasteiger partial charge in [-0.2, -0.15) is 0 Å². The number of aliphatic hydroxyl groups is 1. The van der Waals surface area contributed by atoms with E-state index >= 15 is 0 Å². The Morgan fingerprint density at radius 2 is 1.85 bits per heavy atom. The standard InChI is InChI=1S/C11H17NO/c1-3-9-4-6-10(7-5-9)11(2,13)8-12/h4-7,13H,3,8,12H2,1-2H3/t11-/m0/s1. The van der Waals surface area contributed by atoms with Crippen LogP contribution in [0.5, 0.6) is 0 Å². The summed E-state index contributed by atoms with van der Waals surface area (Å²) in [5.74, 6) is 0. The molecule has 0 saturated carbocycles. The molecule has 13 heavy (non-hydrogen) atoms. The molecule has 0 fully saturated rings. The normalized spacial score (nSPS) is 15.4. The van der Waals surface area contributed by atoms with Gasteiger partial charge in [0.05, 0.1) is 5.60 Å². The van der Waals surface area contributed by atoms with Crippen LogP contribution in [0, 0.1) is 0 Å². The summed E-state index contributed by atoms with van der Waals surface area (Å²) >= 11 is 0. The van der Waals surface area contributed by atoms with Crippen molar-refractivity contribution in [2.45, 2.75) is 25.9 Å². The molecule has 1 atom stereocenters. The van der Waals surface area contributed by atoms with E-state index in [0.29, 0.717) is 0 Å². The van der Waals surface area contributed by atoms with Gasteiger partial charge in [-0.1, -0.05) is 31.2 Å². The van der Waals surface area contributed by atoms with Gasteiger partial charge in [0.25, 0.3) is 0 Å². The van der Waals surface area contributed by atoms with Crippen LogP contribution in [0.4, 0.5) is 0 Å². The maximum Gasteiger partial charge on any atom is 0.0990 e. The lowest BCUT2D eigenvalue weighted by Gasteiger charge is -2.21. The van der Waals surface area contributed by atoms with Crippen LogP contribution in [0.2, 0.25) is 0 Å². The molecule has 0 bridgehead atoms. The highest BCUT2D eigenvalue weighted by Gasteiger charge is 2.19. The van der Waals surface area contributed by atoms with Crippen molar-refractivity contribution in [1.82, 2.24) is 0 Å². The maximum absolute atomic E-state index is 9.83. The SMILES string of the molecule is CCc1ccc([C@@](C)(O)CN)cc1. The van der Waals surface area contributed by atoms with Gasteiger partial charge in [-0.3, -0.25) is 0 Å². The van der Waals surface area contributed by atoms with Crippen molar-refractivity contribution in [3.05, 3.63) is 35.4 Å². The quantitative estimate of drug-likeness (QED) is 0.737. The zero-order chi connectivity index (χ0) is 9.90. The third-order valence-electron chi connectivity index (χ3n) is 2.38. The Morgan fingerprint density at radius 3 is 2.23 bits per heavy atom. The third-order valence-corrected chi connectivity index (χ3v) is 2.38. The van der Waals surface area contributed by atoms with Gasteiger partial charge >= 0.3 is 0 Å². The molecule has 0 aromatic heterocycles. The number of benzene rings is 1. The molecule has 2 heteroatoms. The van der Waals surface area contributed by atoms with Crippen LogP contribution in [0.15, 0.2) is 24.3 Å². The minimum Gasteiger partial charge on any atom is -0.384 e. The lowest BCUT2D eigenvalue weighted by molar-refractivity contribution is 0.0668.